The van der Waals surface area contributed by atoms with E-state index in [1.54, 1.807) is 13.4 Å². The number of halogens is 1. The summed E-state index contributed by atoms with van der Waals surface area (Å²) in [4.78, 5) is 26.4. The summed E-state index contributed by atoms with van der Waals surface area (Å²) in [5.41, 5.74) is 6.07. The van der Waals surface area contributed by atoms with Crippen molar-refractivity contribution in [2.45, 2.75) is 31.1 Å². The van der Waals surface area contributed by atoms with Crippen LogP contribution in [0.15, 0.2) is 49.1 Å². The number of rotatable bonds is 5. The first-order chi connectivity index (χ1) is 19.5. The summed E-state index contributed by atoms with van der Waals surface area (Å²) >= 11 is 6.60. The zero-order chi connectivity index (χ0) is 27.6. The third-order valence-corrected chi connectivity index (χ3v) is 8.31. The molecule has 1 aromatic carbocycles. The monoisotopic (exact) mass is 563 g/mol. The van der Waals surface area contributed by atoms with Gasteiger partial charge in [-0.05, 0) is 46.5 Å². The molecule has 0 bridgehead atoms. The smallest absolute Gasteiger partial charge is 0.410 e. The zero-order valence-electron chi connectivity index (χ0n) is 22.8. The number of carbonyl (C=O) groups is 1. The first-order valence-electron chi connectivity index (χ1n) is 13.8. The number of pyridine rings is 1. The first kappa shape index (κ1) is 27.0. The summed E-state index contributed by atoms with van der Waals surface area (Å²) in [6, 6.07) is 10.00. The van der Waals surface area contributed by atoms with E-state index >= 15 is 0 Å². The molecule has 2 atom stereocenters. The van der Waals surface area contributed by atoms with Crippen molar-refractivity contribution in [3.05, 3.63) is 82.2 Å². The normalized spacial score (nSPS) is 20.7. The Kier molecular flexibility index (Phi) is 7.89. The molecule has 2 aliphatic heterocycles. The van der Waals surface area contributed by atoms with Crippen molar-refractivity contribution in [3.63, 3.8) is 0 Å². The number of imidazole rings is 1. The minimum atomic E-state index is -0.353. The first-order valence-corrected chi connectivity index (χ1v) is 14.1. The van der Waals surface area contributed by atoms with Crippen molar-refractivity contribution in [1.29, 1.82) is 0 Å². The maximum Gasteiger partial charge on any atom is 0.410 e. The highest BCUT2D eigenvalue weighted by molar-refractivity contribution is 6.30. The van der Waals surface area contributed by atoms with Crippen LogP contribution in [0.1, 0.15) is 53.1 Å². The van der Waals surface area contributed by atoms with Gasteiger partial charge < -0.3 is 23.7 Å². The number of carbonyl (C=O) groups excluding carboxylic acids is 1. The Bertz CT molecular complexity index is 1390. The number of fused-ring (bicyclic) bond motifs is 2. The third kappa shape index (κ3) is 5.26. The predicted octanol–water partition coefficient (Wildman–Crippen LogP) is 4.73. The van der Waals surface area contributed by atoms with Gasteiger partial charge in [-0.15, -0.1) is 0 Å². The highest BCUT2D eigenvalue weighted by Crippen LogP contribution is 2.45. The molecule has 1 aliphatic carbocycles. The van der Waals surface area contributed by atoms with Crippen LogP contribution in [0.5, 0.6) is 0 Å². The summed E-state index contributed by atoms with van der Waals surface area (Å²) in [6.07, 6.45) is 8.49. The van der Waals surface area contributed by atoms with Gasteiger partial charge >= 0.3 is 6.09 Å². The van der Waals surface area contributed by atoms with Gasteiger partial charge in [-0.1, -0.05) is 23.7 Å². The second kappa shape index (κ2) is 11.7. The van der Waals surface area contributed by atoms with E-state index in [1.165, 1.54) is 0 Å². The van der Waals surface area contributed by atoms with Gasteiger partial charge in [0.15, 0.2) is 0 Å². The molecule has 4 heterocycles. The van der Waals surface area contributed by atoms with E-state index in [2.05, 4.69) is 28.1 Å². The molecule has 1 amide bonds. The van der Waals surface area contributed by atoms with Crippen LogP contribution >= 0.6 is 11.6 Å². The summed E-state index contributed by atoms with van der Waals surface area (Å²) in [5.74, 6) is 0. The third-order valence-electron chi connectivity index (χ3n) is 8.08. The molecule has 10 heteroatoms. The van der Waals surface area contributed by atoms with Crippen molar-refractivity contribution in [2.24, 2.45) is 7.05 Å². The Morgan fingerprint density at radius 2 is 1.95 bits per heavy atom. The molecule has 9 nitrogen and oxygen atoms in total. The van der Waals surface area contributed by atoms with Gasteiger partial charge in [0, 0.05) is 64.4 Å². The molecule has 6 rings (SSSR count). The van der Waals surface area contributed by atoms with E-state index < -0.39 is 0 Å². The number of amides is 1. The molecule has 1 unspecified atom stereocenters. The van der Waals surface area contributed by atoms with Gasteiger partial charge in [0.05, 0.1) is 43.2 Å². The van der Waals surface area contributed by atoms with Gasteiger partial charge in [0.25, 0.3) is 0 Å². The number of benzene rings is 1. The van der Waals surface area contributed by atoms with E-state index in [-0.39, 0.29) is 24.3 Å². The van der Waals surface area contributed by atoms with Gasteiger partial charge in [0.2, 0.25) is 0 Å². The van der Waals surface area contributed by atoms with Crippen LogP contribution in [0.25, 0.3) is 11.6 Å². The van der Waals surface area contributed by atoms with Crippen molar-refractivity contribution < 1.29 is 19.0 Å². The minimum absolute atomic E-state index is 0.0634. The lowest BCUT2D eigenvalue weighted by molar-refractivity contribution is -0.0155. The zero-order valence-corrected chi connectivity index (χ0v) is 23.6. The maximum absolute atomic E-state index is 12.9. The van der Waals surface area contributed by atoms with Crippen LogP contribution in [0.2, 0.25) is 5.02 Å². The number of piperazine rings is 1. The van der Waals surface area contributed by atoms with Crippen molar-refractivity contribution in [1.82, 2.24) is 24.3 Å². The summed E-state index contributed by atoms with van der Waals surface area (Å²) in [6.45, 7) is 3.83. The Hall–Kier alpha value is -3.24. The van der Waals surface area contributed by atoms with Gasteiger partial charge in [0.1, 0.15) is 12.2 Å². The fraction of sp³-hybridized carbons (Fsp3) is 0.433. The number of aryl methyl sites for hydroxylation is 1. The molecule has 2 saturated heterocycles. The average molecular weight is 564 g/mol. The molecule has 3 aliphatic rings. The average Bonchev–Trinajstić information content (AvgIpc) is 3.34. The molecule has 0 radical (unpaired) electrons. The molecular weight excluding hydrogens is 530 g/mol. The highest BCUT2D eigenvalue weighted by atomic mass is 35.5. The van der Waals surface area contributed by atoms with E-state index in [0.29, 0.717) is 44.4 Å². The highest BCUT2D eigenvalue weighted by Gasteiger charge is 2.36. The quantitative estimate of drug-likeness (QED) is 0.444. The van der Waals surface area contributed by atoms with E-state index in [4.69, 9.17) is 30.8 Å². The van der Waals surface area contributed by atoms with Gasteiger partial charge in [-0.2, -0.15) is 0 Å². The largest absolute Gasteiger partial charge is 0.446 e. The van der Waals surface area contributed by atoms with Crippen LogP contribution in [0, 0.1) is 0 Å². The Labute approximate surface area is 239 Å². The molecular formula is C30H34ClN5O4. The standard InChI is InChI=1S/C30H34ClN5O4/c1-34-19-32-18-26(34)29(38-2)25-16-20-4-3-9-33-27(20)28(23-6-5-21(31)17-24(23)25)35-10-12-36(13-11-35)30(37)40-22-7-14-39-15-8-22/h3-6,9,16-19,22,28-29H,7-8,10-15H2,1-2H3/t28-,29?/m0/s1. The lowest BCUT2D eigenvalue weighted by Crippen LogP contribution is -2.50. The summed E-state index contributed by atoms with van der Waals surface area (Å²) < 4.78 is 19.3. The van der Waals surface area contributed by atoms with Crippen LogP contribution in [0.3, 0.4) is 0 Å². The number of nitrogens with zero attached hydrogens (tertiary/aromatic N) is 5. The number of hydrogen-bond acceptors (Lipinski definition) is 7. The van der Waals surface area contributed by atoms with Crippen molar-refractivity contribution in [3.8, 4) is 0 Å². The van der Waals surface area contributed by atoms with E-state index in [1.807, 2.05) is 47.1 Å². The molecule has 0 N–H and O–H groups in total. The Morgan fingerprint density at radius 3 is 2.67 bits per heavy atom. The molecule has 0 saturated carbocycles. The van der Waals surface area contributed by atoms with E-state index in [9.17, 15) is 4.79 Å². The molecule has 3 aromatic rings. The van der Waals surface area contributed by atoms with Gasteiger partial charge in [-0.3, -0.25) is 9.88 Å². The van der Waals surface area contributed by atoms with Crippen LogP contribution in [0.4, 0.5) is 4.79 Å². The molecule has 210 valence electrons. The number of ether oxygens (including phenoxy) is 3. The van der Waals surface area contributed by atoms with Crippen LogP contribution in [-0.2, 0) is 21.3 Å². The Balaban J connectivity index is 1.32. The maximum atomic E-state index is 12.9. The fourth-order valence-electron chi connectivity index (χ4n) is 5.98. The second-order valence-electron chi connectivity index (χ2n) is 10.5. The van der Waals surface area contributed by atoms with Crippen molar-refractivity contribution in [2.75, 3.05) is 46.5 Å². The molecule has 2 fully saturated rings. The lowest BCUT2D eigenvalue weighted by Gasteiger charge is -2.40. The van der Waals surface area contributed by atoms with Crippen LogP contribution < -0.4 is 0 Å². The SMILES string of the molecule is COC(C1=Cc2cccnc2[C@@H](N2CCN(C(=O)OC3CCOCC3)CC2)c2ccc(Cl)cc21)c1cncn1C. The predicted molar refractivity (Wildman–Crippen MR) is 152 cm³/mol. The fourth-order valence-corrected chi connectivity index (χ4v) is 6.15. The number of hydrogen-bond donors (Lipinski definition) is 0. The molecule has 0 spiro atoms. The second-order valence-corrected chi connectivity index (χ2v) is 10.9. The summed E-state index contributed by atoms with van der Waals surface area (Å²) in [7, 11) is 3.68. The van der Waals surface area contributed by atoms with Crippen molar-refractivity contribution >= 4 is 29.3 Å². The molecule has 2 aromatic heterocycles. The van der Waals surface area contributed by atoms with E-state index in [0.717, 1.165) is 46.5 Å². The van der Waals surface area contributed by atoms with Crippen LogP contribution in [-0.4, -0.2) is 83.0 Å². The topological polar surface area (TPSA) is 82.0 Å². The Morgan fingerprint density at radius 1 is 1.15 bits per heavy atom. The van der Waals surface area contributed by atoms with Gasteiger partial charge in [-0.25, -0.2) is 9.78 Å². The lowest BCUT2D eigenvalue weighted by atomic mass is 9.91. The number of aromatic nitrogens is 3. The number of methoxy groups -OCH3 is 1. The molecule has 40 heavy (non-hydrogen) atoms. The summed E-state index contributed by atoms with van der Waals surface area (Å²) in [5, 5.41) is 0.655. The minimum Gasteiger partial charge on any atom is -0.446 e.